The maximum Gasteiger partial charge on any atom is 0.123 e. The van der Waals surface area contributed by atoms with Gasteiger partial charge in [0.05, 0.1) is 23.7 Å². The summed E-state index contributed by atoms with van der Waals surface area (Å²) < 4.78 is 2.10. The van der Waals surface area contributed by atoms with Crippen molar-refractivity contribution in [3.8, 4) is 0 Å². The van der Waals surface area contributed by atoms with Gasteiger partial charge in [0.15, 0.2) is 0 Å². The number of fused-ring (bicyclic) bond motifs is 1. The fourth-order valence-electron chi connectivity index (χ4n) is 3.43. The highest BCUT2D eigenvalue weighted by atomic mass is 35.5. The van der Waals surface area contributed by atoms with Crippen LogP contribution in [-0.2, 0) is 13.6 Å². The molecule has 1 fully saturated rings. The van der Waals surface area contributed by atoms with Gasteiger partial charge >= 0.3 is 0 Å². The van der Waals surface area contributed by atoms with Crippen molar-refractivity contribution in [3.63, 3.8) is 0 Å². The third-order valence-electron chi connectivity index (χ3n) is 5.03. The third kappa shape index (κ3) is 3.00. The van der Waals surface area contributed by atoms with Gasteiger partial charge in [-0.25, -0.2) is 4.98 Å². The third-order valence-corrected chi connectivity index (χ3v) is 5.26. The molecule has 4 nitrogen and oxygen atoms in total. The number of imidazole rings is 1. The summed E-state index contributed by atoms with van der Waals surface area (Å²) in [5.41, 5.74) is 1.99. The van der Waals surface area contributed by atoms with Gasteiger partial charge in [-0.15, -0.1) is 0 Å². The molecule has 2 atom stereocenters. The number of nitrogens with zero attached hydrogens (tertiary/aromatic N) is 2. The molecular formula is C17H24ClN3O. The van der Waals surface area contributed by atoms with Gasteiger partial charge < -0.3 is 15.0 Å². The van der Waals surface area contributed by atoms with E-state index < -0.39 is 0 Å². The van der Waals surface area contributed by atoms with Crippen molar-refractivity contribution in [2.45, 2.75) is 45.3 Å². The summed E-state index contributed by atoms with van der Waals surface area (Å²) in [6.45, 7) is 3.70. The Morgan fingerprint density at radius 1 is 1.45 bits per heavy atom. The number of benzene rings is 1. The quantitative estimate of drug-likeness (QED) is 0.908. The molecule has 1 aromatic heterocycles. The van der Waals surface area contributed by atoms with Crippen molar-refractivity contribution in [3.05, 3.63) is 29.0 Å². The second kappa shape index (κ2) is 6.19. The maximum absolute atomic E-state index is 10.2. The van der Waals surface area contributed by atoms with Crippen molar-refractivity contribution >= 4 is 22.6 Å². The highest BCUT2D eigenvalue weighted by Crippen LogP contribution is 2.35. The Hall–Kier alpha value is -1.10. The molecule has 1 saturated carbocycles. The van der Waals surface area contributed by atoms with E-state index in [-0.39, 0.29) is 11.5 Å². The fourth-order valence-corrected chi connectivity index (χ4v) is 3.59. The van der Waals surface area contributed by atoms with E-state index in [4.69, 9.17) is 11.6 Å². The molecule has 0 radical (unpaired) electrons. The second-order valence-corrected chi connectivity index (χ2v) is 7.18. The average Bonchev–Trinajstić information content (AvgIpc) is 2.78. The molecule has 2 N–H and O–H groups in total. The van der Waals surface area contributed by atoms with E-state index in [1.165, 1.54) is 6.42 Å². The lowest BCUT2D eigenvalue weighted by atomic mass is 9.73. The Bertz CT molecular complexity index is 669. The van der Waals surface area contributed by atoms with Crippen molar-refractivity contribution in [2.24, 2.45) is 12.5 Å². The monoisotopic (exact) mass is 321 g/mol. The van der Waals surface area contributed by atoms with Gasteiger partial charge in [-0.1, -0.05) is 31.4 Å². The number of hydrogen-bond donors (Lipinski definition) is 2. The predicted molar refractivity (Wildman–Crippen MR) is 90.0 cm³/mol. The molecule has 1 aliphatic rings. The first-order valence-electron chi connectivity index (χ1n) is 7.99. The molecule has 0 spiro atoms. The van der Waals surface area contributed by atoms with Crippen molar-refractivity contribution < 1.29 is 5.11 Å². The molecule has 1 heterocycles. The molecular weight excluding hydrogens is 298 g/mol. The van der Waals surface area contributed by atoms with Gasteiger partial charge in [0.2, 0.25) is 0 Å². The summed E-state index contributed by atoms with van der Waals surface area (Å²) in [6, 6.07) is 5.79. The average molecular weight is 322 g/mol. The molecule has 22 heavy (non-hydrogen) atoms. The lowest BCUT2D eigenvalue weighted by Gasteiger charge is -2.38. The number of aromatic nitrogens is 2. The van der Waals surface area contributed by atoms with Crippen LogP contribution in [0.25, 0.3) is 11.0 Å². The Kier molecular flexibility index (Phi) is 4.44. The minimum Gasteiger partial charge on any atom is -0.393 e. The summed E-state index contributed by atoms with van der Waals surface area (Å²) in [4.78, 5) is 4.65. The summed E-state index contributed by atoms with van der Waals surface area (Å²) in [5.74, 6) is 0.992. The van der Waals surface area contributed by atoms with E-state index in [9.17, 15) is 5.11 Å². The van der Waals surface area contributed by atoms with Crippen LogP contribution in [0.5, 0.6) is 0 Å². The zero-order valence-electron chi connectivity index (χ0n) is 13.3. The summed E-state index contributed by atoms with van der Waals surface area (Å²) in [6.07, 6.45) is 4.15. The van der Waals surface area contributed by atoms with Crippen LogP contribution in [0.3, 0.4) is 0 Å². The molecule has 0 aliphatic heterocycles. The zero-order chi connectivity index (χ0) is 15.7. The van der Waals surface area contributed by atoms with E-state index in [1.54, 1.807) is 0 Å². The Morgan fingerprint density at radius 2 is 2.27 bits per heavy atom. The first-order valence-corrected chi connectivity index (χ1v) is 8.37. The number of aliphatic hydroxyl groups is 1. The van der Waals surface area contributed by atoms with Crippen LogP contribution < -0.4 is 5.32 Å². The molecule has 0 bridgehead atoms. The van der Waals surface area contributed by atoms with Gasteiger partial charge in [-0.2, -0.15) is 0 Å². The van der Waals surface area contributed by atoms with Gasteiger partial charge in [-0.05, 0) is 31.0 Å². The van der Waals surface area contributed by atoms with Crippen LogP contribution >= 0.6 is 11.6 Å². The minimum absolute atomic E-state index is 0.0217. The first-order chi connectivity index (χ1) is 10.5. The standard InChI is InChI=1S/C17H24ClN3O/c1-17(8-4-3-5-15(17)22)11-19-10-16-20-13-9-12(18)6-7-14(13)21(16)2/h6-7,9,15,19,22H,3-5,8,10-11H2,1-2H3. The normalized spacial score (nSPS) is 25.7. The Labute approximate surface area is 136 Å². The summed E-state index contributed by atoms with van der Waals surface area (Å²) >= 11 is 6.03. The van der Waals surface area contributed by atoms with E-state index in [1.807, 2.05) is 25.2 Å². The lowest BCUT2D eigenvalue weighted by molar-refractivity contribution is 0.00104. The number of nitrogens with one attached hydrogen (secondary N) is 1. The van der Waals surface area contributed by atoms with Crippen LogP contribution in [-0.4, -0.2) is 27.3 Å². The van der Waals surface area contributed by atoms with Crippen molar-refractivity contribution in [2.75, 3.05) is 6.54 Å². The molecule has 2 aromatic rings. The van der Waals surface area contributed by atoms with Crippen molar-refractivity contribution in [1.29, 1.82) is 0 Å². The van der Waals surface area contributed by atoms with Gasteiger partial charge in [0.1, 0.15) is 5.82 Å². The van der Waals surface area contributed by atoms with Crippen molar-refractivity contribution in [1.82, 2.24) is 14.9 Å². The lowest BCUT2D eigenvalue weighted by Crippen LogP contribution is -2.43. The molecule has 2 unspecified atom stereocenters. The molecule has 1 aliphatic carbocycles. The second-order valence-electron chi connectivity index (χ2n) is 6.74. The Balaban J connectivity index is 1.68. The number of aliphatic hydroxyl groups excluding tert-OH is 1. The van der Waals surface area contributed by atoms with Crippen LogP contribution in [0.15, 0.2) is 18.2 Å². The SMILES string of the molecule is Cn1c(CNCC2(C)CCCCC2O)nc2cc(Cl)ccc21. The zero-order valence-corrected chi connectivity index (χ0v) is 14.0. The summed E-state index contributed by atoms with van der Waals surface area (Å²) in [7, 11) is 2.03. The maximum atomic E-state index is 10.2. The predicted octanol–water partition coefficient (Wildman–Crippen LogP) is 3.26. The highest BCUT2D eigenvalue weighted by molar-refractivity contribution is 6.31. The van der Waals surface area contributed by atoms with Gasteiger partial charge in [0.25, 0.3) is 0 Å². The molecule has 3 rings (SSSR count). The largest absolute Gasteiger partial charge is 0.393 e. The van der Waals surface area contributed by atoms with Crippen LogP contribution in [0.4, 0.5) is 0 Å². The topological polar surface area (TPSA) is 50.1 Å². The number of aryl methyl sites for hydroxylation is 1. The highest BCUT2D eigenvalue weighted by Gasteiger charge is 2.34. The van der Waals surface area contributed by atoms with E-state index in [2.05, 4.69) is 21.8 Å². The minimum atomic E-state index is -0.201. The van der Waals surface area contributed by atoms with Crippen LogP contribution in [0.2, 0.25) is 5.02 Å². The van der Waals surface area contributed by atoms with E-state index in [0.717, 1.165) is 42.7 Å². The van der Waals surface area contributed by atoms with Gasteiger partial charge in [-0.3, -0.25) is 0 Å². The van der Waals surface area contributed by atoms with Crippen LogP contribution in [0, 0.1) is 5.41 Å². The van der Waals surface area contributed by atoms with E-state index >= 15 is 0 Å². The fraction of sp³-hybridized carbons (Fsp3) is 0.588. The first kappa shape index (κ1) is 15.8. The smallest absolute Gasteiger partial charge is 0.123 e. The molecule has 1 aromatic carbocycles. The molecule has 120 valence electrons. The molecule has 0 saturated heterocycles. The molecule has 5 heteroatoms. The van der Waals surface area contributed by atoms with Gasteiger partial charge in [0, 0.05) is 24.0 Å². The number of halogens is 1. The molecule has 0 amide bonds. The number of hydrogen-bond acceptors (Lipinski definition) is 3. The van der Waals surface area contributed by atoms with Crippen LogP contribution in [0.1, 0.15) is 38.4 Å². The summed E-state index contributed by atoms with van der Waals surface area (Å²) in [5, 5.41) is 14.4. The van der Waals surface area contributed by atoms with E-state index in [0.29, 0.717) is 11.6 Å². The number of rotatable bonds is 4. The Morgan fingerprint density at radius 3 is 3.05 bits per heavy atom.